The SMILES string of the molecule is N#Cc1cccc(-c2c3c(c(-c4cccc(C#N)c4C#N)c4cc5ccccc5cc24)-c2ccc4c5c(ccc-3c25)-c2ccccc2-4)c1C#N. The van der Waals surface area contributed by atoms with Gasteiger partial charge in [0, 0.05) is 11.1 Å². The Morgan fingerprint density at radius 2 is 0.720 bits per heavy atom. The molecule has 0 atom stereocenters. The van der Waals surface area contributed by atoms with Crippen LogP contribution in [0.2, 0.25) is 0 Å². The van der Waals surface area contributed by atoms with E-state index in [2.05, 4.69) is 97.1 Å². The summed E-state index contributed by atoms with van der Waals surface area (Å²) in [4.78, 5) is 0. The van der Waals surface area contributed by atoms with Crippen molar-refractivity contribution < 1.29 is 0 Å². The zero-order chi connectivity index (χ0) is 33.7. The smallest absolute Gasteiger partial charge is 0.101 e. The van der Waals surface area contributed by atoms with E-state index in [1.54, 1.807) is 12.1 Å². The summed E-state index contributed by atoms with van der Waals surface area (Å²) in [5.41, 5.74) is 13.1. The highest BCUT2D eigenvalue weighted by atomic mass is 14.4. The molecule has 2 aliphatic rings. The monoisotopic (exact) mass is 628 g/mol. The molecular weight excluding hydrogens is 609 g/mol. The van der Waals surface area contributed by atoms with E-state index < -0.39 is 0 Å². The Hall–Kier alpha value is -7.50. The summed E-state index contributed by atoms with van der Waals surface area (Å²) in [7, 11) is 0. The van der Waals surface area contributed by atoms with Crippen molar-refractivity contribution in [1.29, 1.82) is 21.0 Å². The van der Waals surface area contributed by atoms with Crippen LogP contribution in [0.5, 0.6) is 0 Å². The van der Waals surface area contributed by atoms with Crippen molar-refractivity contribution in [3.63, 3.8) is 0 Å². The van der Waals surface area contributed by atoms with Gasteiger partial charge in [-0.2, -0.15) is 21.0 Å². The molecule has 0 aromatic heterocycles. The molecule has 0 bridgehead atoms. The average Bonchev–Trinajstić information content (AvgIpc) is 3.67. The Kier molecular flexibility index (Phi) is 5.52. The van der Waals surface area contributed by atoms with Gasteiger partial charge in [-0.3, -0.25) is 0 Å². The van der Waals surface area contributed by atoms with Gasteiger partial charge >= 0.3 is 0 Å². The van der Waals surface area contributed by atoms with Gasteiger partial charge in [0.1, 0.15) is 24.3 Å². The molecule has 0 amide bonds. The predicted molar refractivity (Wildman–Crippen MR) is 198 cm³/mol. The van der Waals surface area contributed by atoms with Crippen LogP contribution in [0.4, 0.5) is 0 Å². The molecule has 0 heterocycles. The maximum absolute atomic E-state index is 10.6. The van der Waals surface area contributed by atoms with E-state index in [1.807, 2.05) is 36.4 Å². The molecule has 0 aliphatic heterocycles. The summed E-state index contributed by atoms with van der Waals surface area (Å²) in [5.74, 6) is 0. The van der Waals surface area contributed by atoms with Gasteiger partial charge in [-0.05, 0) is 112 Å². The van der Waals surface area contributed by atoms with E-state index in [0.717, 1.165) is 60.3 Å². The third kappa shape index (κ3) is 3.39. The highest BCUT2D eigenvalue weighted by molar-refractivity contribution is 6.33. The third-order valence-corrected chi connectivity index (χ3v) is 10.5. The van der Waals surface area contributed by atoms with Crippen molar-refractivity contribution in [2.75, 3.05) is 0 Å². The summed E-state index contributed by atoms with van der Waals surface area (Å²) in [6.07, 6.45) is 0. The summed E-state index contributed by atoms with van der Waals surface area (Å²) in [5, 5.41) is 47.6. The van der Waals surface area contributed by atoms with E-state index in [0.29, 0.717) is 33.4 Å². The van der Waals surface area contributed by atoms with Crippen LogP contribution in [-0.2, 0) is 0 Å². The quantitative estimate of drug-likeness (QED) is 0.178. The second kappa shape index (κ2) is 10.0. The molecule has 2 aliphatic carbocycles. The fraction of sp³-hybridized carbons (Fsp3) is 0. The van der Waals surface area contributed by atoms with Crippen LogP contribution < -0.4 is 0 Å². The maximum Gasteiger partial charge on any atom is 0.101 e. The van der Waals surface area contributed by atoms with Gasteiger partial charge in [-0.1, -0.05) is 97.1 Å². The second-order valence-electron chi connectivity index (χ2n) is 12.8. The lowest BCUT2D eigenvalue weighted by atomic mass is 9.79. The maximum atomic E-state index is 10.6. The van der Waals surface area contributed by atoms with Crippen LogP contribution in [0.1, 0.15) is 22.3 Å². The molecule has 0 unspecified atom stereocenters. The van der Waals surface area contributed by atoms with Gasteiger partial charge in [-0.25, -0.2) is 0 Å². The van der Waals surface area contributed by atoms with E-state index >= 15 is 0 Å². The molecule has 8 aromatic rings. The number of fused-ring (bicyclic) bond motifs is 8. The predicted octanol–water partition coefficient (Wildman–Crippen LogP) is 11.3. The number of hydrogen-bond acceptors (Lipinski definition) is 4. The molecule has 0 fully saturated rings. The number of hydrogen-bond donors (Lipinski definition) is 0. The number of rotatable bonds is 2. The van der Waals surface area contributed by atoms with Crippen LogP contribution in [-0.4, -0.2) is 0 Å². The van der Waals surface area contributed by atoms with Crippen molar-refractivity contribution >= 4 is 32.3 Å². The fourth-order valence-electron chi connectivity index (χ4n) is 8.53. The van der Waals surface area contributed by atoms with Crippen molar-refractivity contribution in [3.8, 4) is 91.0 Å². The van der Waals surface area contributed by atoms with Gasteiger partial charge < -0.3 is 0 Å². The van der Waals surface area contributed by atoms with Crippen molar-refractivity contribution in [3.05, 3.63) is 144 Å². The number of nitriles is 4. The zero-order valence-corrected chi connectivity index (χ0v) is 26.3. The van der Waals surface area contributed by atoms with Gasteiger partial charge in [0.2, 0.25) is 0 Å². The van der Waals surface area contributed by atoms with Gasteiger partial charge in [0.05, 0.1) is 22.3 Å². The number of nitrogens with zero attached hydrogens (tertiary/aromatic N) is 4. The number of benzene rings is 8. The van der Waals surface area contributed by atoms with E-state index in [4.69, 9.17) is 0 Å². The van der Waals surface area contributed by atoms with Crippen LogP contribution in [0.3, 0.4) is 0 Å². The molecule has 4 nitrogen and oxygen atoms in total. The molecule has 0 radical (unpaired) electrons. The van der Waals surface area contributed by atoms with Gasteiger partial charge in [0.25, 0.3) is 0 Å². The molecule has 10 rings (SSSR count). The molecule has 0 N–H and O–H groups in total. The van der Waals surface area contributed by atoms with E-state index in [1.165, 1.54) is 27.6 Å². The summed E-state index contributed by atoms with van der Waals surface area (Å²) < 4.78 is 0. The standard InChI is InChI=1S/C46H20N4/c47-21-27-9-5-13-31(39(27)23-49)42-37-19-25-7-1-2-8-26(25)20-38(37)43(32-14-6-10-28(22-48)40(32)24-50)46-36-18-16-34-30-12-4-3-11-29(30)33-15-17-35(45(42)46)44(36)41(33)34/h1-20H. The largest absolute Gasteiger partial charge is 0.192 e. The summed E-state index contributed by atoms with van der Waals surface area (Å²) in [6.45, 7) is 0. The fourth-order valence-corrected chi connectivity index (χ4v) is 8.53. The van der Waals surface area contributed by atoms with Crippen molar-refractivity contribution in [2.24, 2.45) is 0 Å². The highest BCUT2D eigenvalue weighted by Gasteiger charge is 2.35. The Labute approximate surface area is 287 Å². The second-order valence-corrected chi connectivity index (χ2v) is 12.8. The molecule has 4 heteroatoms. The molecule has 0 spiro atoms. The Bertz CT molecular complexity index is 2880. The molecule has 0 saturated heterocycles. The normalized spacial score (nSPS) is 11.5. The first-order valence-corrected chi connectivity index (χ1v) is 16.3. The minimum Gasteiger partial charge on any atom is -0.192 e. The Morgan fingerprint density at radius 3 is 1.16 bits per heavy atom. The minimum absolute atomic E-state index is 0.317. The van der Waals surface area contributed by atoms with Crippen molar-refractivity contribution in [1.82, 2.24) is 0 Å². The van der Waals surface area contributed by atoms with Gasteiger partial charge in [0.15, 0.2) is 0 Å². The van der Waals surface area contributed by atoms with Gasteiger partial charge in [-0.15, -0.1) is 0 Å². The first-order valence-electron chi connectivity index (χ1n) is 16.3. The van der Waals surface area contributed by atoms with Crippen LogP contribution in [0.15, 0.2) is 121 Å². The molecule has 50 heavy (non-hydrogen) atoms. The lowest BCUT2D eigenvalue weighted by Crippen LogP contribution is -1.98. The first-order chi connectivity index (χ1) is 24.7. The first kappa shape index (κ1) is 27.6. The van der Waals surface area contributed by atoms with Crippen molar-refractivity contribution in [2.45, 2.75) is 0 Å². The third-order valence-electron chi connectivity index (χ3n) is 10.5. The zero-order valence-electron chi connectivity index (χ0n) is 26.3. The Morgan fingerprint density at radius 1 is 0.320 bits per heavy atom. The molecule has 0 saturated carbocycles. The summed E-state index contributed by atoms with van der Waals surface area (Å²) >= 11 is 0. The van der Waals surface area contributed by atoms with Crippen LogP contribution >= 0.6 is 0 Å². The lowest BCUT2D eigenvalue weighted by Gasteiger charge is -2.22. The molecular formula is C46H20N4. The molecule has 224 valence electrons. The van der Waals surface area contributed by atoms with Crippen LogP contribution in [0.25, 0.3) is 99.1 Å². The van der Waals surface area contributed by atoms with E-state index in [9.17, 15) is 21.0 Å². The lowest BCUT2D eigenvalue weighted by molar-refractivity contribution is 1.43. The minimum atomic E-state index is 0.317. The topological polar surface area (TPSA) is 95.2 Å². The summed E-state index contributed by atoms with van der Waals surface area (Å²) in [6, 6.07) is 50.0. The van der Waals surface area contributed by atoms with Crippen LogP contribution in [0, 0.1) is 45.3 Å². The molecule has 8 aromatic carbocycles. The average molecular weight is 629 g/mol. The Balaban J connectivity index is 1.50. The van der Waals surface area contributed by atoms with E-state index in [-0.39, 0.29) is 0 Å². The highest BCUT2D eigenvalue weighted by Crippen LogP contribution is 2.62.